The number of rotatable bonds is 8. The average Bonchev–Trinajstić information content (AvgIpc) is 2.33. The summed E-state index contributed by atoms with van der Waals surface area (Å²) in [6, 6.07) is 3.48. The molecule has 1 rings (SSSR count). The summed E-state index contributed by atoms with van der Waals surface area (Å²) in [5.41, 5.74) is 0.0643. The smallest absolute Gasteiger partial charge is 0.130 e. The molecule has 1 aromatic carbocycles. The van der Waals surface area contributed by atoms with Crippen LogP contribution in [0.3, 0.4) is 0 Å². The Hall–Kier alpha value is -1.04. The molecule has 0 saturated carbocycles. The predicted molar refractivity (Wildman–Crippen MR) is 65.5 cm³/mol. The van der Waals surface area contributed by atoms with Crippen molar-refractivity contribution in [2.24, 2.45) is 0 Å². The van der Waals surface area contributed by atoms with Gasteiger partial charge >= 0.3 is 0 Å². The molecule has 0 aliphatic heterocycles. The van der Waals surface area contributed by atoms with E-state index in [1.807, 2.05) is 0 Å². The second kappa shape index (κ2) is 8.13. The normalized spacial score (nSPS) is 12.7. The highest BCUT2D eigenvalue weighted by Gasteiger charge is 2.14. The molecule has 0 fully saturated rings. The van der Waals surface area contributed by atoms with E-state index in [2.05, 4.69) is 5.32 Å². The molecule has 3 nitrogen and oxygen atoms in total. The van der Waals surface area contributed by atoms with E-state index in [0.29, 0.717) is 26.4 Å². The fourth-order valence-corrected chi connectivity index (χ4v) is 1.62. The van der Waals surface area contributed by atoms with Crippen molar-refractivity contribution in [3.63, 3.8) is 0 Å². The van der Waals surface area contributed by atoms with Gasteiger partial charge in [0.2, 0.25) is 0 Å². The molecule has 0 radical (unpaired) electrons. The van der Waals surface area contributed by atoms with E-state index in [0.717, 1.165) is 0 Å². The van der Waals surface area contributed by atoms with Crippen LogP contribution in [0.2, 0.25) is 0 Å². The van der Waals surface area contributed by atoms with Crippen LogP contribution in [0.5, 0.6) is 0 Å². The summed E-state index contributed by atoms with van der Waals surface area (Å²) in [6.07, 6.45) is 0. The van der Waals surface area contributed by atoms with Gasteiger partial charge in [0.1, 0.15) is 11.6 Å². The van der Waals surface area contributed by atoms with Crippen LogP contribution in [-0.4, -0.2) is 33.5 Å². The Morgan fingerprint density at radius 3 is 2.44 bits per heavy atom. The van der Waals surface area contributed by atoms with E-state index in [1.165, 1.54) is 18.2 Å². The van der Waals surface area contributed by atoms with Crippen molar-refractivity contribution >= 4 is 0 Å². The van der Waals surface area contributed by atoms with Gasteiger partial charge in [-0.3, -0.25) is 0 Å². The number of hydrogen-bond donors (Lipinski definition) is 1. The van der Waals surface area contributed by atoms with Crippen LogP contribution in [0, 0.1) is 11.6 Å². The minimum absolute atomic E-state index is 0.0643. The molecule has 0 aromatic heterocycles. The second-order valence-corrected chi connectivity index (χ2v) is 3.92. The first-order chi connectivity index (χ1) is 8.66. The monoisotopic (exact) mass is 259 g/mol. The Balaban J connectivity index is 2.34. The fourth-order valence-electron chi connectivity index (χ4n) is 1.62. The molecule has 0 saturated heterocycles. The SMILES string of the molecule is COCCOCCNC(C)c1c(F)cccc1F. The summed E-state index contributed by atoms with van der Waals surface area (Å²) < 4.78 is 37.0. The van der Waals surface area contributed by atoms with Gasteiger partial charge < -0.3 is 14.8 Å². The van der Waals surface area contributed by atoms with Crippen LogP contribution in [0.25, 0.3) is 0 Å². The van der Waals surface area contributed by atoms with Gasteiger partial charge in [-0.2, -0.15) is 0 Å². The lowest BCUT2D eigenvalue weighted by atomic mass is 10.1. The molecule has 5 heteroatoms. The quantitative estimate of drug-likeness (QED) is 0.726. The number of methoxy groups -OCH3 is 1. The Labute approximate surface area is 106 Å². The number of nitrogens with one attached hydrogen (secondary N) is 1. The van der Waals surface area contributed by atoms with E-state index in [4.69, 9.17) is 9.47 Å². The zero-order valence-electron chi connectivity index (χ0n) is 10.7. The molecule has 0 aliphatic rings. The summed E-state index contributed by atoms with van der Waals surface area (Å²) in [7, 11) is 1.60. The van der Waals surface area contributed by atoms with Crippen molar-refractivity contribution in [3.05, 3.63) is 35.4 Å². The molecule has 1 unspecified atom stereocenters. The van der Waals surface area contributed by atoms with Gasteiger partial charge in [-0.15, -0.1) is 0 Å². The molecule has 0 heterocycles. The molecule has 1 aromatic rings. The molecule has 0 spiro atoms. The average molecular weight is 259 g/mol. The summed E-state index contributed by atoms with van der Waals surface area (Å²) in [6.45, 7) is 3.77. The van der Waals surface area contributed by atoms with Crippen LogP contribution in [0.4, 0.5) is 8.78 Å². The van der Waals surface area contributed by atoms with Gasteiger partial charge in [-0.1, -0.05) is 6.07 Å². The Morgan fingerprint density at radius 2 is 1.83 bits per heavy atom. The fraction of sp³-hybridized carbons (Fsp3) is 0.538. The topological polar surface area (TPSA) is 30.5 Å². The minimum Gasteiger partial charge on any atom is -0.382 e. The van der Waals surface area contributed by atoms with Crippen molar-refractivity contribution in [1.82, 2.24) is 5.32 Å². The van der Waals surface area contributed by atoms with Gasteiger partial charge in [-0.05, 0) is 19.1 Å². The maximum absolute atomic E-state index is 13.4. The van der Waals surface area contributed by atoms with E-state index in [1.54, 1.807) is 14.0 Å². The molecular formula is C13H19F2NO2. The van der Waals surface area contributed by atoms with E-state index >= 15 is 0 Å². The number of benzene rings is 1. The Morgan fingerprint density at radius 1 is 1.17 bits per heavy atom. The van der Waals surface area contributed by atoms with Crippen LogP contribution >= 0.6 is 0 Å². The van der Waals surface area contributed by atoms with Crippen molar-refractivity contribution in [3.8, 4) is 0 Å². The van der Waals surface area contributed by atoms with Gasteiger partial charge in [-0.25, -0.2) is 8.78 Å². The van der Waals surface area contributed by atoms with Crippen molar-refractivity contribution < 1.29 is 18.3 Å². The number of halogens is 2. The number of hydrogen-bond acceptors (Lipinski definition) is 3. The van der Waals surface area contributed by atoms with Gasteiger partial charge in [0.05, 0.1) is 19.8 Å². The summed E-state index contributed by atoms with van der Waals surface area (Å²) >= 11 is 0. The zero-order valence-corrected chi connectivity index (χ0v) is 10.7. The van der Waals surface area contributed by atoms with Crippen LogP contribution in [0.15, 0.2) is 18.2 Å². The molecule has 18 heavy (non-hydrogen) atoms. The first-order valence-corrected chi connectivity index (χ1v) is 5.90. The molecule has 0 aliphatic carbocycles. The van der Waals surface area contributed by atoms with Crippen molar-refractivity contribution in [2.75, 3.05) is 33.5 Å². The number of ether oxygens (including phenoxy) is 2. The van der Waals surface area contributed by atoms with Crippen LogP contribution in [0.1, 0.15) is 18.5 Å². The molecular weight excluding hydrogens is 240 g/mol. The van der Waals surface area contributed by atoms with E-state index < -0.39 is 17.7 Å². The third kappa shape index (κ3) is 4.68. The third-order valence-corrected chi connectivity index (χ3v) is 2.56. The highest BCUT2D eigenvalue weighted by atomic mass is 19.1. The minimum atomic E-state index is -0.532. The summed E-state index contributed by atoms with van der Waals surface area (Å²) in [5.74, 6) is -1.06. The lowest BCUT2D eigenvalue weighted by Crippen LogP contribution is -2.25. The lowest BCUT2D eigenvalue weighted by molar-refractivity contribution is 0.0711. The highest BCUT2D eigenvalue weighted by molar-refractivity contribution is 5.22. The Bertz CT molecular complexity index is 341. The van der Waals surface area contributed by atoms with Gasteiger partial charge in [0, 0.05) is 25.3 Å². The molecule has 1 N–H and O–H groups in total. The Kier molecular flexibility index (Phi) is 6.78. The van der Waals surface area contributed by atoms with E-state index in [-0.39, 0.29) is 5.56 Å². The summed E-state index contributed by atoms with van der Waals surface area (Å²) in [4.78, 5) is 0. The van der Waals surface area contributed by atoms with Crippen LogP contribution in [-0.2, 0) is 9.47 Å². The predicted octanol–water partition coefficient (Wildman–Crippen LogP) is 2.28. The first-order valence-electron chi connectivity index (χ1n) is 5.90. The van der Waals surface area contributed by atoms with Crippen molar-refractivity contribution in [1.29, 1.82) is 0 Å². The van der Waals surface area contributed by atoms with E-state index in [9.17, 15) is 8.78 Å². The lowest BCUT2D eigenvalue weighted by Gasteiger charge is -2.15. The molecule has 0 bridgehead atoms. The van der Waals surface area contributed by atoms with Gasteiger partial charge in [0.25, 0.3) is 0 Å². The molecule has 1 atom stereocenters. The zero-order chi connectivity index (χ0) is 13.4. The second-order valence-electron chi connectivity index (χ2n) is 3.92. The maximum Gasteiger partial charge on any atom is 0.130 e. The van der Waals surface area contributed by atoms with Crippen LogP contribution < -0.4 is 5.32 Å². The standard InChI is InChI=1S/C13H19F2NO2/c1-10(16-6-7-18-9-8-17-2)13-11(14)4-3-5-12(13)15/h3-5,10,16H,6-9H2,1-2H3. The largest absolute Gasteiger partial charge is 0.382 e. The summed E-state index contributed by atoms with van der Waals surface area (Å²) in [5, 5.41) is 3.01. The maximum atomic E-state index is 13.4. The highest BCUT2D eigenvalue weighted by Crippen LogP contribution is 2.19. The molecule has 0 amide bonds. The van der Waals surface area contributed by atoms with Crippen molar-refractivity contribution in [2.45, 2.75) is 13.0 Å². The third-order valence-electron chi connectivity index (χ3n) is 2.56. The van der Waals surface area contributed by atoms with Gasteiger partial charge in [0.15, 0.2) is 0 Å². The first kappa shape index (κ1) is 15.0. The molecule has 102 valence electrons.